The maximum atomic E-state index is 2.60. The van der Waals surface area contributed by atoms with Gasteiger partial charge in [0.25, 0.3) is 0 Å². The molecule has 0 amide bonds. The van der Waals surface area contributed by atoms with Crippen LogP contribution in [0.4, 0.5) is 0 Å². The van der Waals surface area contributed by atoms with Crippen LogP contribution in [0.15, 0.2) is 80.2 Å². The Balaban J connectivity index is 0.000000441. The van der Waals surface area contributed by atoms with Crippen LogP contribution < -0.4 is 0 Å². The predicted molar refractivity (Wildman–Crippen MR) is 210 cm³/mol. The van der Waals surface area contributed by atoms with Crippen molar-refractivity contribution in [1.82, 2.24) is 0 Å². The van der Waals surface area contributed by atoms with E-state index in [0.29, 0.717) is 0 Å². The molecule has 0 N–H and O–H groups in total. The Labute approximate surface area is 313 Å². The minimum absolute atomic E-state index is 0. The fourth-order valence-electron chi connectivity index (χ4n) is 8.44. The molecule has 0 aromatic heterocycles. The van der Waals surface area contributed by atoms with Gasteiger partial charge in [0.15, 0.2) is 0 Å². The average molecular weight is 1030 g/mol. The molecule has 0 aromatic carbocycles. The third-order valence-corrected chi connectivity index (χ3v) is 64.4. The molecule has 0 nitrogen and oxygen atoms in total. The van der Waals surface area contributed by atoms with Crippen LogP contribution in [0.25, 0.3) is 0 Å². The Morgan fingerprint density at radius 2 is 0.478 bits per heavy atom. The molecule has 256 valence electrons. The van der Waals surface area contributed by atoms with Crippen LogP contribution in [-0.2, 0) is 40.1 Å². The van der Waals surface area contributed by atoms with E-state index in [9.17, 15) is 0 Å². The van der Waals surface area contributed by atoms with Crippen LogP contribution >= 0.6 is 24.8 Å². The molecule has 0 aromatic rings. The molecule has 0 saturated carbocycles. The zero-order valence-corrected chi connectivity index (χ0v) is 43.9. The first-order valence-corrected chi connectivity index (χ1v) is 40.1. The van der Waals surface area contributed by atoms with E-state index in [1.807, 2.05) is 13.3 Å². The molecule has 0 radical (unpaired) electrons. The molecule has 0 heterocycles. The Bertz CT molecular complexity index is 1410. The molecule has 4 atom stereocenters. The van der Waals surface area contributed by atoms with Gasteiger partial charge in [0.1, 0.15) is 0 Å². The SMILES string of the molecule is CC1=C(C)C(C)[C]([Hf]([C]2=C(C)C(C)=C(C)C2C)=[Si](C)C)=C1C.CC1=C(C)C(C)[C]([Hf]([C]2=C(C)C(C)=C(C)C2C)=[Si](C)C)=C1C.Cl.Cl. The molecule has 0 aliphatic heterocycles. The molecular weight excluding hydrogens is 964 g/mol. The zero-order valence-electron chi connectivity index (χ0n) is 33.1. The minimum atomic E-state index is -1.93. The van der Waals surface area contributed by atoms with Crippen molar-refractivity contribution in [3.8, 4) is 0 Å². The minimum Gasteiger partial charge on any atom is -0.147 e. The van der Waals surface area contributed by atoms with Crippen LogP contribution in [0.3, 0.4) is 0 Å². The Kier molecular flexibility index (Phi) is 16.8. The molecule has 4 unspecified atom stereocenters. The van der Waals surface area contributed by atoms with Gasteiger partial charge in [-0.25, -0.2) is 0 Å². The third-order valence-electron chi connectivity index (χ3n) is 12.6. The molecule has 0 saturated heterocycles. The number of hydrogen-bond donors (Lipinski definition) is 0. The van der Waals surface area contributed by atoms with E-state index in [1.165, 1.54) is 0 Å². The Morgan fingerprint density at radius 1 is 0.326 bits per heavy atom. The van der Waals surface area contributed by atoms with Crippen molar-refractivity contribution < 1.29 is 40.1 Å². The average Bonchev–Trinajstić information content (AvgIpc) is 3.44. The fraction of sp³-hybridized carbons (Fsp3) is 0.600. The van der Waals surface area contributed by atoms with Gasteiger partial charge in [0.05, 0.1) is 0 Å². The standard InChI is InChI=1S/4C9H13.2C2H6Si.2ClH.2Hf/c4*1-6-5-7(2)9(4)8(6)3;2*1-3-2;;;;/h4*6H,1-4H3;2*1-2H3;2*1H;;. The van der Waals surface area contributed by atoms with Crippen molar-refractivity contribution in [2.75, 3.05) is 0 Å². The Morgan fingerprint density at radius 3 is 0.565 bits per heavy atom. The second kappa shape index (κ2) is 17.3. The van der Waals surface area contributed by atoms with Crippen LogP contribution in [0, 0.1) is 23.7 Å². The van der Waals surface area contributed by atoms with Crippen LogP contribution in [0.1, 0.15) is 111 Å². The van der Waals surface area contributed by atoms with Gasteiger partial charge in [0, 0.05) is 0 Å². The first kappa shape index (κ1) is 44.7. The van der Waals surface area contributed by atoms with Crippen LogP contribution in [0.2, 0.25) is 26.2 Å². The van der Waals surface area contributed by atoms with E-state index >= 15 is 0 Å². The van der Waals surface area contributed by atoms with Crippen LogP contribution in [0.5, 0.6) is 0 Å². The summed E-state index contributed by atoms with van der Waals surface area (Å²) >= 11 is -3.86. The van der Waals surface area contributed by atoms with Gasteiger partial charge < -0.3 is 0 Å². The molecule has 4 aliphatic rings. The smallest absolute Gasteiger partial charge is 0.147 e. The van der Waals surface area contributed by atoms with Gasteiger partial charge in [-0.05, 0) is 0 Å². The van der Waals surface area contributed by atoms with Crippen molar-refractivity contribution in [3.63, 3.8) is 0 Å². The molecule has 0 spiro atoms. The van der Waals surface area contributed by atoms with E-state index in [1.54, 1.807) is 66.9 Å². The predicted octanol–water partition coefficient (Wildman–Crippen LogP) is 13.6. The molecule has 0 bridgehead atoms. The topological polar surface area (TPSA) is 0 Å². The largest absolute Gasteiger partial charge is 0.147 e. The van der Waals surface area contributed by atoms with Gasteiger partial charge in [-0.15, -0.1) is 24.8 Å². The quantitative estimate of drug-likeness (QED) is 0.246. The first-order valence-electron chi connectivity index (χ1n) is 17.1. The van der Waals surface area contributed by atoms with Gasteiger partial charge in [0.2, 0.25) is 0 Å². The maximum Gasteiger partial charge on any atom is -0.147 e. The summed E-state index contributed by atoms with van der Waals surface area (Å²) in [4.78, 5) is 0. The molecule has 6 heteroatoms. The number of halogens is 2. The zero-order chi connectivity index (χ0) is 33.9. The molecular formula is C40H66Cl2Hf2Si2. The second-order valence-corrected chi connectivity index (χ2v) is 61.9. The van der Waals surface area contributed by atoms with Crippen molar-refractivity contribution >= 4 is 35.8 Å². The van der Waals surface area contributed by atoms with Crippen LogP contribution in [-0.4, -0.2) is 11.0 Å². The summed E-state index contributed by atoms with van der Waals surface area (Å²) in [6.45, 7) is 48.8. The van der Waals surface area contributed by atoms with Gasteiger partial charge >= 0.3 is 292 Å². The van der Waals surface area contributed by atoms with E-state index in [2.05, 4.69) is 137 Å². The van der Waals surface area contributed by atoms with E-state index in [0.717, 1.165) is 23.7 Å². The fourth-order valence-corrected chi connectivity index (χ4v) is 66.5. The molecule has 4 rings (SSSR count). The van der Waals surface area contributed by atoms with Gasteiger partial charge in [-0.1, -0.05) is 0 Å². The summed E-state index contributed by atoms with van der Waals surface area (Å²) in [6.07, 6.45) is 0. The number of allylic oxidation sites excluding steroid dienone is 16. The third kappa shape index (κ3) is 7.78. The molecule has 0 fully saturated rings. The van der Waals surface area contributed by atoms with E-state index in [-0.39, 0.29) is 35.8 Å². The number of rotatable bonds is 4. The molecule has 4 aliphatic carbocycles. The van der Waals surface area contributed by atoms with Gasteiger partial charge in [-0.2, -0.15) is 0 Å². The summed E-state index contributed by atoms with van der Waals surface area (Å²) in [5.74, 6) is 2.87. The normalized spacial score (nSPS) is 24.8. The monoisotopic (exact) mass is 1030 g/mol. The van der Waals surface area contributed by atoms with Crippen molar-refractivity contribution in [2.24, 2.45) is 23.7 Å². The van der Waals surface area contributed by atoms with E-state index in [4.69, 9.17) is 0 Å². The number of hydrogen-bond acceptors (Lipinski definition) is 0. The van der Waals surface area contributed by atoms with Gasteiger partial charge in [-0.3, -0.25) is 0 Å². The Hall–Kier alpha value is 0.674. The molecule has 46 heavy (non-hydrogen) atoms. The maximum absolute atomic E-state index is 2.60. The summed E-state index contributed by atoms with van der Waals surface area (Å²) in [5.41, 5.74) is 19.2. The summed E-state index contributed by atoms with van der Waals surface area (Å²) in [6, 6.07) is 0. The summed E-state index contributed by atoms with van der Waals surface area (Å²) in [7, 11) is 0. The first-order chi connectivity index (χ1) is 20.2. The second-order valence-electron chi connectivity index (χ2n) is 15.0. The van der Waals surface area contributed by atoms with Crippen molar-refractivity contribution in [1.29, 1.82) is 0 Å². The van der Waals surface area contributed by atoms with Crippen molar-refractivity contribution in [2.45, 2.75) is 137 Å². The van der Waals surface area contributed by atoms with Crippen molar-refractivity contribution in [3.05, 3.63) is 80.2 Å². The summed E-state index contributed by atoms with van der Waals surface area (Å²) in [5, 5.41) is 0. The van der Waals surface area contributed by atoms with E-state index < -0.39 is 40.1 Å². The summed E-state index contributed by atoms with van der Waals surface area (Å²) < 4.78 is 7.79.